The molecule has 3 rings (SSSR count). The van der Waals surface area contributed by atoms with Crippen LogP contribution < -0.4 is 0 Å². The average molecular weight is 331 g/mol. The second-order valence-corrected chi connectivity index (χ2v) is 6.15. The first-order valence-corrected chi connectivity index (χ1v) is 7.86. The maximum absolute atomic E-state index is 12.5. The van der Waals surface area contributed by atoms with Gasteiger partial charge in [-0.3, -0.25) is 4.79 Å². The van der Waals surface area contributed by atoms with Gasteiger partial charge in [-0.2, -0.15) is 4.98 Å². The number of ether oxygens (including phenoxy) is 2. The molecule has 1 fully saturated rings. The van der Waals surface area contributed by atoms with Crippen molar-refractivity contribution in [3.63, 3.8) is 0 Å². The standard InChI is InChI=1S/C17H21N3O4/c1-17(2,22-3)16(21)20-9-10-23-13(11-20)14-18-15(24-19-14)12-7-5-4-6-8-12/h4-8,13H,9-11H2,1-3H3/t13-/m0/s1. The Morgan fingerprint density at radius 1 is 1.33 bits per heavy atom. The summed E-state index contributed by atoms with van der Waals surface area (Å²) in [5.41, 5.74) is -0.0190. The normalized spacial score (nSPS) is 18.6. The van der Waals surface area contributed by atoms with Gasteiger partial charge in [0.25, 0.3) is 11.8 Å². The predicted molar refractivity (Wildman–Crippen MR) is 86.1 cm³/mol. The van der Waals surface area contributed by atoms with Gasteiger partial charge in [-0.25, -0.2) is 0 Å². The number of carbonyl (C=O) groups is 1. The average Bonchev–Trinajstić information content (AvgIpc) is 3.12. The Bertz CT molecular complexity index is 699. The molecule has 0 N–H and O–H groups in total. The molecule has 24 heavy (non-hydrogen) atoms. The van der Waals surface area contributed by atoms with Crippen molar-refractivity contribution in [2.75, 3.05) is 26.8 Å². The smallest absolute Gasteiger partial charge is 0.258 e. The minimum atomic E-state index is -0.867. The van der Waals surface area contributed by atoms with Gasteiger partial charge in [0.2, 0.25) is 5.82 Å². The summed E-state index contributed by atoms with van der Waals surface area (Å²) in [7, 11) is 1.53. The van der Waals surface area contributed by atoms with Crippen LogP contribution in [-0.2, 0) is 14.3 Å². The highest BCUT2D eigenvalue weighted by atomic mass is 16.5. The van der Waals surface area contributed by atoms with Crippen molar-refractivity contribution in [2.45, 2.75) is 25.6 Å². The van der Waals surface area contributed by atoms with Gasteiger partial charge in [0, 0.05) is 19.2 Å². The molecule has 1 amide bonds. The lowest BCUT2D eigenvalue weighted by Crippen LogP contribution is -2.51. The fourth-order valence-corrected chi connectivity index (χ4v) is 2.52. The monoisotopic (exact) mass is 331 g/mol. The number of carbonyl (C=O) groups excluding carboxylic acids is 1. The lowest BCUT2D eigenvalue weighted by atomic mass is 10.1. The number of morpholine rings is 1. The third kappa shape index (κ3) is 3.32. The van der Waals surface area contributed by atoms with Crippen LogP contribution in [0.3, 0.4) is 0 Å². The van der Waals surface area contributed by atoms with Gasteiger partial charge in [0.1, 0.15) is 11.7 Å². The fourth-order valence-electron chi connectivity index (χ4n) is 2.52. The zero-order valence-corrected chi connectivity index (χ0v) is 14.1. The highest BCUT2D eigenvalue weighted by Gasteiger charge is 2.36. The molecule has 2 aromatic rings. The molecule has 0 radical (unpaired) electrons. The number of methoxy groups -OCH3 is 1. The van der Waals surface area contributed by atoms with E-state index < -0.39 is 11.7 Å². The molecule has 7 heteroatoms. The predicted octanol–water partition coefficient (Wildman–Crippen LogP) is 2.06. The van der Waals surface area contributed by atoms with Gasteiger partial charge in [-0.05, 0) is 26.0 Å². The lowest BCUT2D eigenvalue weighted by molar-refractivity contribution is -0.158. The van der Waals surface area contributed by atoms with Gasteiger partial charge in [-0.1, -0.05) is 23.4 Å². The minimum absolute atomic E-state index is 0.0786. The van der Waals surface area contributed by atoms with Crippen LogP contribution in [-0.4, -0.2) is 53.4 Å². The van der Waals surface area contributed by atoms with E-state index in [2.05, 4.69) is 10.1 Å². The van der Waals surface area contributed by atoms with Crippen LogP contribution in [0.1, 0.15) is 25.8 Å². The van der Waals surface area contributed by atoms with E-state index in [0.717, 1.165) is 5.56 Å². The summed E-state index contributed by atoms with van der Waals surface area (Å²) < 4.78 is 16.3. The molecule has 1 aromatic heterocycles. The summed E-state index contributed by atoms with van der Waals surface area (Å²) in [6.07, 6.45) is -0.406. The molecule has 0 spiro atoms. The first kappa shape index (κ1) is 16.6. The molecular formula is C17H21N3O4. The highest BCUT2D eigenvalue weighted by Crippen LogP contribution is 2.25. The Hall–Kier alpha value is -2.25. The quantitative estimate of drug-likeness (QED) is 0.853. The largest absolute Gasteiger partial charge is 0.369 e. The van der Waals surface area contributed by atoms with Crippen molar-refractivity contribution < 1.29 is 18.8 Å². The Kier molecular flexibility index (Phi) is 4.64. The third-order valence-corrected chi connectivity index (χ3v) is 4.13. The second kappa shape index (κ2) is 6.70. The third-order valence-electron chi connectivity index (χ3n) is 4.13. The van der Waals surface area contributed by atoms with E-state index in [1.807, 2.05) is 30.3 Å². The van der Waals surface area contributed by atoms with Crippen molar-refractivity contribution in [1.29, 1.82) is 0 Å². The Morgan fingerprint density at radius 2 is 2.08 bits per heavy atom. The van der Waals surface area contributed by atoms with E-state index in [-0.39, 0.29) is 5.91 Å². The topological polar surface area (TPSA) is 77.7 Å². The zero-order valence-electron chi connectivity index (χ0n) is 14.1. The van der Waals surface area contributed by atoms with Crippen molar-refractivity contribution in [3.8, 4) is 11.5 Å². The lowest BCUT2D eigenvalue weighted by Gasteiger charge is -2.36. The summed E-state index contributed by atoms with van der Waals surface area (Å²) in [5, 5.41) is 4.01. The van der Waals surface area contributed by atoms with Crippen LogP contribution in [0, 0.1) is 0 Å². The van der Waals surface area contributed by atoms with Crippen molar-refractivity contribution in [2.24, 2.45) is 0 Å². The molecular weight excluding hydrogens is 310 g/mol. The molecule has 1 atom stereocenters. The number of benzene rings is 1. The Labute approximate surface area is 140 Å². The number of rotatable bonds is 4. The molecule has 128 valence electrons. The molecule has 0 saturated carbocycles. The zero-order chi connectivity index (χ0) is 17.2. The van der Waals surface area contributed by atoms with E-state index in [4.69, 9.17) is 14.0 Å². The number of nitrogens with zero attached hydrogens (tertiary/aromatic N) is 3. The Morgan fingerprint density at radius 3 is 2.79 bits per heavy atom. The summed E-state index contributed by atoms with van der Waals surface area (Å²) in [5.74, 6) is 0.807. The van der Waals surface area contributed by atoms with E-state index in [0.29, 0.717) is 31.4 Å². The minimum Gasteiger partial charge on any atom is -0.369 e. The van der Waals surface area contributed by atoms with E-state index in [1.165, 1.54) is 7.11 Å². The second-order valence-electron chi connectivity index (χ2n) is 6.15. The van der Waals surface area contributed by atoms with E-state index in [9.17, 15) is 4.79 Å². The van der Waals surface area contributed by atoms with Crippen molar-refractivity contribution in [3.05, 3.63) is 36.2 Å². The van der Waals surface area contributed by atoms with Crippen LogP contribution in [0.25, 0.3) is 11.5 Å². The number of hydrogen-bond acceptors (Lipinski definition) is 6. The van der Waals surface area contributed by atoms with Crippen LogP contribution in [0.4, 0.5) is 0 Å². The number of hydrogen-bond donors (Lipinski definition) is 0. The van der Waals surface area contributed by atoms with Gasteiger partial charge in [0.15, 0.2) is 0 Å². The highest BCUT2D eigenvalue weighted by molar-refractivity contribution is 5.84. The van der Waals surface area contributed by atoms with E-state index in [1.54, 1.807) is 18.7 Å². The fraction of sp³-hybridized carbons (Fsp3) is 0.471. The molecule has 0 aliphatic carbocycles. The van der Waals surface area contributed by atoms with Crippen LogP contribution in [0.15, 0.2) is 34.9 Å². The molecule has 7 nitrogen and oxygen atoms in total. The van der Waals surface area contributed by atoms with Crippen LogP contribution in [0.2, 0.25) is 0 Å². The van der Waals surface area contributed by atoms with Crippen LogP contribution in [0.5, 0.6) is 0 Å². The molecule has 0 bridgehead atoms. The molecule has 1 aliphatic heterocycles. The molecule has 1 aromatic carbocycles. The van der Waals surface area contributed by atoms with Gasteiger partial charge in [-0.15, -0.1) is 0 Å². The Balaban J connectivity index is 1.74. The van der Waals surface area contributed by atoms with Gasteiger partial charge in [0.05, 0.1) is 13.2 Å². The molecule has 0 unspecified atom stereocenters. The summed E-state index contributed by atoms with van der Waals surface area (Å²) in [6.45, 7) is 4.82. The van der Waals surface area contributed by atoms with E-state index >= 15 is 0 Å². The molecule has 1 saturated heterocycles. The number of aromatic nitrogens is 2. The maximum atomic E-state index is 12.5. The molecule has 2 heterocycles. The van der Waals surface area contributed by atoms with Crippen LogP contribution >= 0.6 is 0 Å². The van der Waals surface area contributed by atoms with Gasteiger partial charge >= 0.3 is 0 Å². The summed E-state index contributed by atoms with van der Waals surface area (Å²) in [4.78, 5) is 18.7. The maximum Gasteiger partial charge on any atom is 0.258 e. The first-order valence-electron chi connectivity index (χ1n) is 7.86. The van der Waals surface area contributed by atoms with Crippen molar-refractivity contribution >= 4 is 5.91 Å². The SMILES string of the molecule is COC(C)(C)C(=O)N1CCO[C@H](c2noc(-c3ccccc3)n2)C1. The van der Waals surface area contributed by atoms with Gasteiger partial charge < -0.3 is 18.9 Å². The number of amides is 1. The van der Waals surface area contributed by atoms with Crippen molar-refractivity contribution in [1.82, 2.24) is 15.0 Å². The molecule has 1 aliphatic rings. The summed E-state index contributed by atoms with van der Waals surface area (Å²) in [6, 6.07) is 9.53. The first-order chi connectivity index (χ1) is 11.5. The summed E-state index contributed by atoms with van der Waals surface area (Å²) >= 11 is 0.